The third-order valence-electron chi connectivity index (χ3n) is 10.2. The standard InChI is InChI=1S/C46H27N3S/c1-2-13-29(14-3-1)42-37-27-24-28-12-4-5-15-32(28)43(37)48-46(47-42)30-22-25-31(26-23-30)49-38-20-10-8-18-35(38)40-33-16-6-7-17-34(33)41-36-19-9-11-21-39(36)50-45(41)44(40)49/h1-27H. The Morgan fingerprint density at radius 2 is 1.10 bits per heavy atom. The summed E-state index contributed by atoms with van der Waals surface area (Å²) >= 11 is 1.89. The number of thiophene rings is 1. The molecular formula is C46H27N3S. The van der Waals surface area contributed by atoms with Crippen molar-refractivity contribution in [3.05, 3.63) is 164 Å². The smallest absolute Gasteiger partial charge is 0.160 e. The van der Waals surface area contributed by atoms with Gasteiger partial charge in [0.05, 0.1) is 26.9 Å². The minimum absolute atomic E-state index is 0.722. The number of benzene rings is 8. The molecule has 50 heavy (non-hydrogen) atoms. The third-order valence-corrected chi connectivity index (χ3v) is 11.4. The summed E-state index contributed by atoms with van der Waals surface area (Å²) < 4.78 is 5.09. The van der Waals surface area contributed by atoms with Gasteiger partial charge in [-0.25, -0.2) is 9.97 Å². The SMILES string of the molecule is c1ccc(-c2nc(-c3ccc(-n4c5ccccc5c5c6ccccc6c6c7ccccc7sc6c54)cc3)nc3c2ccc2ccccc23)cc1. The van der Waals surface area contributed by atoms with Gasteiger partial charge in [0.1, 0.15) is 0 Å². The van der Waals surface area contributed by atoms with Crippen LogP contribution in [0.4, 0.5) is 0 Å². The van der Waals surface area contributed by atoms with Crippen molar-refractivity contribution in [1.82, 2.24) is 14.5 Å². The molecule has 0 bridgehead atoms. The molecule has 11 rings (SSSR count). The molecular weight excluding hydrogens is 627 g/mol. The number of para-hydroxylation sites is 1. The van der Waals surface area contributed by atoms with E-state index >= 15 is 0 Å². The van der Waals surface area contributed by atoms with Gasteiger partial charge >= 0.3 is 0 Å². The minimum atomic E-state index is 0.722. The minimum Gasteiger partial charge on any atom is -0.308 e. The zero-order valence-electron chi connectivity index (χ0n) is 26.8. The Morgan fingerprint density at radius 3 is 1.92 bits per heavy atom. The van der Waals surface area contributed by atoms with E-state index in [1.54, 1.807) is 0 Å². The summed E-state index contributed by atoms with van der Waals surface area (Å²) in [6.45, 7) is 0. The van der Waals surface area contributed by atoms with Gasteiger partial charge in [-0.05, 0) is 58.6 Å². The topological polar surface area (TPSA) is 30.7 Å². The maximum absolute atomic E-state index is 5.24. The maximum Gasteiger partial charge on any atom is 0.160 e. The highest BCUT2D eigenvalue weighted by Gasteiger charge is 2.22. The highest BCUT2D eigenvalue weighted by molar-refractivity contribution is 7.27. The number of fused-ring (bicyclic) bond motifs is 13. The number of rotatable bonds is 3. The molecule has 3 aromatic heterocycles. The summed E-state index contributed by atoms with van der Waals surface area (Å²) in [5.41, 5.74) is 7.55. The van der Waals surface area contributed by atoms with Crippen molar-refractivity contribution in [3.63, 3.8) is 0 Å². The average Bonchev–Trinajstić information content (AvgIpc) is 3.75. The van der Waals surface area contributed by atoms with Crippen LogP contribution in [0.2, 0.25) is 0 Å². The predicted octanol–water partition coefficient (Wildman–Crippen LogP) is 12.7. The normalized spacial score (nSPS) is 12.0. The summed E-state index contributed by atoms with van der Waals surface area (Å²) in [4.78, 5) is 10.5. The molecule has 0 saturated carbocycles. The molecule has 0 amide bonds. The van der Waals surface area contributed by atoms with Crippen molar-refractivity contribution in [2.45, 2.75) is 0 Å². The fourth-order valence-corrected chi connectivity index (χ4v) is 9.22. The quantitative estimate of drug-likeness (QED) is 0.178. The Balaban J connectivity index is 1.18. The Labute approximate surface area is 291 Å². The Morgan fingerprint density at radius 1 is 0.440 bits per heavy atom. The first-order valence-corrected chi connectivity index (χ1v) is 17.7. The predicted molar refractivity (Wildman–Crippen MR) is 213 cm³/mol. The summed E-state index contributed by atoms with van der Waals surface area (Å²) in [6.07, 6.45) is 0. The molecule has 4 heteroatoms. The van der Waals surface area contributed by atoms with Gasteiger partial charge in [0.2, 0.25) is 0 Å². The van der Waals surface area contributed by atoms with Gasteiger partial charge in [0.15, 0.2) is 5.82 Å². The summed E-state index contributed by atoms with van der Waals surface area (Å²) in [5.74, 6) is 0.722. The molecule has 11 aromatic rings. The molecule has 0 aliphatic rings. The van der Waals surface area contributed by atoms with Crippen LogP contribution >= 0.6 is 11.3 Å². The van der Waals surface area contributed by atoms with Crippen LogP contribution in [0.5, 0.6) is 0 Å². The highest BCUT2D eigenvalue weighted by Crippen LogP contribution is 2.47. The molecule has 0 N–H and O–H groups in total. The maximum atomic E-state index is 5.24. The second-order valence-corrected chi connectivity index (χ2v) is 14.0. The lowest BCUT2D eigenvalue weighted by Gasteiger charge is -2.13. The van der Waals surface area contributed by atoms with Gasteiger partial charge in [-0.1, -0.05) is 121 Å². The van der Waals surface area contributed by atoms with E-state index in [0.717, 1.165) is 44.6 Å². The van der Waals surface area contributed by atoms with E-state index in [2.05, 4.69) is 162 Å². The van der Waals surface area contributed by atoms with E-state index in [1.807, 2.05) is 17.4 Å². The van der Waals surface area contributed by atoms with Crippen LogP contribution in [0.1, 0.15) is 0 Å². The molecule has 8 aromatic carbocycles. The van der Waals surface area contributed by atoms with E-state index in [1.165, 1.54) is 58.1 Å². The lowest BCUT2D eigenvalue weighted by atomic mass is 9.99. The molecule has 0 fully saturated rings. The average molecular weight is 654 g/mol. The molecule has 0 unspecified atom stereocenters. The molecule has 232 valence electrons. The Hall–Kier alpha value is -6.36. The van der Waals surface area contributed by atoms with Crippen molar-refractivity contribution < 1.29 is 0 Å². The molecule has 3 heterocycles. The third kappa shape index (κ3) is 3.91. The molecule has 0 saturated heterocycles. The van der Waals surface area contributed by atoms with Crippen LogP contribution in [-0.4, -0.2) is 14.5 Å². The summed E-state index contributed by atoms with van der Waals surface area (Å²) in [7, 11) is 0. The molecule has 0 aliphatic carbocycles. The van der Waals surface area contributed by atoms with Crippen LogP contribution in [0, 0.1) is 0 Å². The van der Waals surface area contributed by atoms with Crippen LogP contribution in [0.15, 0.2) is 164 Å². The van der Waals surface area contributed by atoms with Gasteiger partial charge in [0.25, 0.3) is 0 Å². The second kappa shape index (κ2) is 10.6. The summed E-state index contributed by atoms with van der Waals surface area (Å²) in [5, 5.41) is 11.2. The second-order valence-electron chi connectivity index (χ2n) is 12.9. The van der Waals surface area contributed by atoms with E-state index in [0.29, 0.717) is 0 Å². The van der Waals surface area contributed by atoms with Crippen LogP contribution < -0.4 is 0 Å². The zero-order chi connectivity index (χ0) is 32.8. The van der Waals surface area contributed by atoms with E-state index in [-0.39, 0.29) is 0 Å². The van der Waals surface area contributed by atoms with Crippen molar-refractivity contribution in [1.29, 1.82) is 0 Å². The van der Waals surface area contributed by atoms with Crippen LogP contribution in [-0.2, 0) is 0 Å². The van der Waals surface area contributed by atoms with E-state index in [4.69, 9.17) is 9.97 Å². The molecule has 0 atom stereocenters. The molecule has 3 nitrogen and oxygen atoms in total. The summed E-state index contributed by atoms with van der Waals surface area (Å²) in [6, 6.07) is 58.6. The first kappa shape index (κ1) is 27.6. The number of nitrogens with zero attached hydrogens (tertiary/aromatic N) is 3. The lowest BCUT2D eigenvalue weighted by molar-refractivity contribution is 1.18. The molecule has 0 spiro atoms. The highest BCUT2D eigenvalue weighted by atomic mass is 32.1. The molecule has 0 aliphatic heterocycles. The Bertz CT molecular complexity index is 3140. The Kier molecular flexibility index (Phi) is 5.83. The first-order chi connectivity index (χ1) is 24.8. The van der Waals surface area contributed by atoms with Gasteiger partial charge in [-0.15, -0.1) is 11.3 Å². The van der Waals surface area contributed by atoms with Crippen LogP contribution in [0.3, 0.4) is 0 Å². The fourth-order valence-electron chi connectivity index (χ4n) is 7.96. The van der Waals surface area contributed by atoms with E-state index < -0.39 is 0 Å². The van der Waals surface area contributed by atoms with Gasteiger partial charge in [0, 0.05) is 53.8 Å². The number of hydrogen-bond donors (Lipinski definition) is 0. The number of hydrogen-bond acceptors (Lipinski definition) is 3. The van der Waals surface area contributed by atoms with Crippen LogP contribution in [0.25, 0.3) is 103 Å². The van der Waals surface area contributed by atoms with E-state index in [9.17, 15) is 0 Å². The fraction of sp³-hybridized carbons (Fsp3) is 0. The molecule has 0 radical (unpaired) electrons. The lowest BCUT2D eigenvalue weighted by Crippen LogP contribution is -1.97. The van der Waals surface area contributed by atoms with Crippen molar-refractivity contribution >= 4 is 85.8 Å². The zero-order valence-corrected chi connectivity index (χ0v) is 27.7. The van der Waals surface area contributed by atoms with Crippen molar-refractivity contribution in [2.75, 3.05) is 0 Å². The van der Waals surface area contributed by atoms with Gasteiger partial charge in [-0.3, -0.25) is 0 Å². The first-order valence-electron chi connectivity index (χ1n) is 16.9. The largest absolute Gasteiger partial charge is 0.308 e. The van der Waals surface area contributed by atoms with Crippen molar-refractivity contribution in [3.8, 4) is 28.3 Å². The van der Waals surface area contributed by atoms with Gasteiger partial charge in [-0.2, -0.15) is 0 Å². The number of aromatic nitrogens is 3. The van der Waals surface area contributed by atoms with Gasteiger partial charge < -0.3 is 4.57 Å². The monoisotopic (exact) mass is 653 g/mol. The van der Waals surface area contributed by atoms with Crippen molar-refractivity contribution in [2.24, 2.45) is 0 Å².